The molecule has 6 nitrogen and oxygen atoms in total. The Morgan fingerprint density at radius 1 is 1.25 bits per heavy atom. The van der Waals surface area contributed by atoms with Gasteiger partial charge in [0.15, 0.2) is 11.0 Å². The lowest BCUT2D eigenvalue weighted by atomic mass is 10.3. The maximum absolute atomic E-state index is 12.0. The van der Waals surface area contributed by atoms with E-state index >= 15 is 0 Å². The highest BCUT2D eigenvalue weighted by Gasteiger charge is 2.21. The van der Waals surface area contributed by atoms with Crippen LogP contribution in [0.1, 0.15) is 31.5 Å². The maximum Gasteiger partial charge on any atom is 0.316 e. The standard InChI is InChI=1S/C17H21N3O3S/c1-22-11-15-18-19-17(20(15)13-7-3-2-4-8-13)24-12-16(21)23-14-9-5-6-10-14/h2-4,7-8,14H,5-6,9-12H2,1H3. The van der Waals surface area contributed by atoms with Crippen LogP contribution in [-0.2, 0) is 20.9 Å². The highest BCUT2D eigenvalue weighted by Crippen LogP contribution is 2.24. The van der Waals surface area contributed by atoms with Gasteiger partial charge in [-0.3, -0.25) is 9.36 Å². The van der Waals surface area contributed by atoms with Crippen molar-refractivity contribution in [1.82, 2.24) is 14.8 Å². The van der Waals surface area contributed by atoms with Gasteiger partial charge < -0.3 is 9.47 Å². The fraction of sp³-hybridized carbons (Fsp3) is 0.471. The second-order valence-electron chi connectivity index (χ2n) is 5.69. The summed E-state index contributed by atoms with van der Waals surface area (Å²) in [5, 5.41) is 9.05. The van der Waals surface area contributed by atoms with E-state index in [1.807, 2.05) is 34.9 Å². The summed E-state index contributed by atoms with van der Waals surface area (Å²) in [5.41, 5.74) is 0.946. The maximum atomic E-state index is 12.0. The van der Waals surface area contributed by atoms with Crippen LogP contribution in [0.4, 0.5) is 0 Å². The van der Waals surface area contributed by atoms with Gasteiger partial charge in [0.2, 0.25) is 0 Å². The Bertz CT molecular complexity index is 669. The lowest BCUT2D eigenvalue weighted by molar-refractivity contribution is -0.145. The van der Waals surface area contributed by atoms with E-state index < -0.39 is 0 Å². The minimum atomic E-state index is -0.192. The summed E-state index contributed by atoms with van der Waals surface area (Å²) < 4.78 is 12.6. The van der Waals surface area contributed by atoms with Gasteiger partial charge in [0.05, 0.1) is 5.75 Å². The number of benzene rings is 1. The van der Waals surface area contributed by atoms with Gasteiger partial charge in [-0.25, -0.2) is 0 Å². The van der Waals surface area contributed by atoms with Crippen molar-refractivity contribution in [3.05, 3.63) is 36.2 Å². The average Bonchev–Trinajstić information content (AvgIpc) is 3.24. The molecule has 0 aliphatic heterocycles. The molecule has 0 radical (unpaired) electrons. The van der Waals surface area contributed by atoms with Crippen LogP contribution in [0.2, 0.25) is 0 Å². The zero-order valence-electron chi connectivity index (χ0n) is 13.7. The van der Waals surface area contributed by atoms with Crippen LogP contribution in [0.15, 0.2) is 35.5 Å². The number of para-hydroxylation sites is 1. The molecule has 128 valence electrons. The van der Waals surface area contributed by atoms with E-state index in [1.165, 1.54) is 11.8 Å². The van der Waals surface area contributed by atoms with E-state index in [-0.39, 0.29) is 17.8 Å². The summed E-state index contributed by atoms with van der Waals surface area (Å²) >= 11 is 1.34. The molecular weight excluding hydrogens is 326 g/mol. The zero-order chi connectivity index (χ0) is 16.8. The van der Waals surface area contributed by atoms with E-state index in [0.29, 0.717) is 17.6 Å². The molecule has 0 atom stereocenters. The summed E-state index contributed by atoms with van der Waals surface area (Å²) in [6, 6.07) is 9.81. The quantitative estimate of drug-likeness (QED) is 0.567. The Hall–Kier alpha value is -1.86. The van der Waals surface area contributed by atoms with E-state index in [9.17, 15) is 4.79 Å². The van der Waals surface area contributed by atoms with Crippen LogP contribution in [-0.4, -0.2) is 39.7 Å². The molecular formula is C17H21N3O3S. The minimum absolute atomic E-state index is 0.0918. The van der Waals surface area contributed by atoms with E-state index in [2.05, 4.69) is 10.2 Å². The van der Waals surface area contributed by atoms with Crippen molar-refractivity contribution in [3.8, 4) is 5.69 Å². The molecule has 24 heavy (non-hydrogen) atoms. The fourth-order valence-electron chi connectivity index (χ4n) is 2.80. The highest BCUT2D eigenvalue weighted by atomic mass is 32.2. The summed E-state index contributed by atoms with van der Waals surface area (Å²) in [7, 11) is 1.62. The third kappa shape index (κ3) is 4.15. The van der Waals surface area contributed by atoms with Crippen LogP contribution >= 0.6 is 11.8 Å². The fourth-order valence-corrected chi connectivity index (χ4v) is 3.56. The number of carbonyl (C=O) groups is 1. The number of rotatable bonds is 7. The Morgan fingerprint density at radius 2 is 2.00 bits per heavy atom. The molecule has 3 rings (SSSR count). The molecule has 0 unspecified atom stereocenters. The first-order valence-electron chi connectivity index (χ1n) is 8.09. The normalized spacial score (nSPS) is 14.9. The Labute approximate surface area is 145 Å². The van der Waals surface area contributed by atoms with Crippen LogP contribution in [0.3, 0.4) is 0 Å². The molecule has 2 aromatic rings. The number of thioether (sulfide) groups is 1. The number of nitrogens with zero attached hydrogens (tertiary/aromatic N) is 3. The van der Waals surface area contributed by atoms with E-state index in [1.54, 1.807) is 7.11 Å². The molecule has 1 aliphatic rings. The lowest BCUT2D eigenvalue weighted by Gasteiger charge is -2.12. The van der Waals surface area contributed by atoms with Gasteiger partial charge in [-0.15, -0.1) is 10.2 Å². The Balaban J connectivity index is 1.69. The van der Waals surface area contributed by atoms with Crippen LogP contribution < -0.4 is 0 Å². The number of aromatic nitrogens is 3. The monoisotopic (exact) mass is 347 g/mol. The average molecular weight is 347 g/mol. The number of carbonyl (C=O) groups excluding carboxylic acids is 1. The molecule has 1 fully saturated rings. The molecule has 0 amide bonds. The van der Waals surface area contributed by atoms with Crippen molar-refractivity contribution in [2.45, 2.75) is 43.6 Å². The number of hydrogen-bond donors (Lipinski definition) is 0. The molecule has 7 heteroatoms. The molecule has 0 bridgehead atoms. The van der Waals surface area contributed by atoms with Gasteiger partial charge in [-0.1, -0.05) is 30.0 Å². The summed E-state index contributed by atoms with van der Waals surface area (Å²) in [4.78, 5) is 12.0. The van der Waals surface area contributed by atoms with Gasteiger partial charge in [0.25, 0.3) is 0 Å². The van der Waals surface area contributed by atoms with Crippen molar-refractivity contribution in [3.63, 3.8) is 0 Å². The molecule has 1 aromatic carbocycles. The van der Waals surface area contributed by atoms with E-state index in [4.69, 9.17) is 9.47 Å². The third-order valence-electron chi connectivity index (χ3n) is 3.91. The second kappa shape index (κ2) is 8.30. The van der Waals surface area contributed by atoms with Crippen molar-refractivity contribution < 1.29 is 14.3 Å². The largest absolute Gasteiger partial charge is 0.462 e. The molecule has 0 saturated heterocycles. The number of methoxy groups -OCH3 is 1. The topological polar surface area (TPSA) is 66.2 Å². The van der Waals surface area contributed by atoms with Crippen LogP contribution in [0.25, 0.3) is 5.69 Å². The SMILES string of the molecule is COCc1nnc(SCC(=O)OC2CCCC2)n1-c1ccccc1. The summed E-state index contributed by atoms with van der Waals surface area (Å²) in [6.45, 7) is 0.356. The Morgan fingerprint density at radius 3 is 2.71 bits per heavy atom. The minimum Gasteiger partial charge on any atom is -0.462 e. The van der Waals surface area contributed by atoms with Crippen molar-refractivity contribution in [2.24, 2.45) is 0 Å². The van der Waals surface area contributed by atoms with Gasteiger partial charge in [-0.2, -0.15) is 0 Å². The highest BCUT2D eigenvalue weighted by molar-refractivity contribution is 7.99. The Kier molecular flexibility index (Phi) is 5.87. The van der Waals surface area contributed by atoms with Crippen molar-refractivity contribution in [1.29, 1.82) is 0 Å². The number of ether oxygens (including phenoxy) is 2. The molecule has 0 N–H and O–H groups in total. The number of esters is 1. The summed E-state index contributed by atoms with van der Waals surface area (Å²) in [6.07, 6.45) is 4.35. The van der Waals surface area contributed by atoms with E-state index in [0.717, 1.165) is 31.4 Å². The predicted octanol–water partition coefficient (Wildman–Crippen LogP) is 2.99. The molecule has 1 aliphatic carbocycles. The van der Waals surface area contributed by atoms with Gasteiger partial charge in [0, 0.05) is 12.8 Å². The number of hydrogen-bond acceptors (Lipinski definition) is 6. The summed E-state index contributed by atoms with van der Waals surface area (Å²) in [5.74, 6) is 0.743. The first-order chi connectivity index (χ1) is 11.8. The van der Waals surface area contributed by atoms with Gasteiger partial charge in [0.1, 0.15) is 12.7 Å². The molecule has 1 heterocycles. The third-order valence-corrected chi connectivity index (χ3v) is 4.81. The van der Waals surface area contributed by atoms with Gasteiger partial charge in [-0.05, 0) is 37.8 Å². The zero-order valence-corrected chi connectivity index (χ0v) is 14.5. The molecule has 0 spiro atoms. The first kappa shape index (κ1) is 17.0. The first-order valence-corrected chi connectivity index (χ1v) is 9.07. The predicted molar refractivity (Wildman–Crippen MR) is 91.1 cm³/mol. The van der Waals surface area contributed by atoms with Gasteiger partial charge >= 0.3 is 5.97 Å². The van der Waals surface area contributed by atoms with Crippen LogP contribution in [0.5, 0.6) is 0 Å². The van der Waals surface area contributed by atoms with Crippen LogP contribution in [0, 0.1) is 0 Å². The van der Waals surface area contributed by atoms with Crippen molar-refractivity contribution in [2.75, 3.05) is 12.9 Å². The lowest BCUT2D eigenvalue weighted by Crippen LogP contribution is -2.16. The smallest absolute Gasteiger partial charge is 0.316 e. The molecule has 1 aromatic heterocycles. The van der Waals surface area contributed by atoms with Crippen molar-refractivity contribution >= 4 is 17.7 Å². The second-order valence-corrected chi connectivity index (χ2v) is 6.63. The molecule has 1 saturated carbocycles.